The summed E-state index contributed by atoms with van der Waals surface area (Å²) in [5.41, 5.74) is 0.947. The van der Waals surface area contributed by atoms with Gasteiger partial charge < -0.3 is 9.64 Å². The fourth-order valence-corrected chi connectivity index (χ4v) is 3.51. The molecule has 1 heterocycles. The van der Waals surface area contributed by atoms with Gasteiger partial charge in [0.2, 0.25) is 6.43 Å². The van der Waals surface area contributed by atoms with Crippen LogP contribution in [0.4, 0.5) is 13.6 Å². The number of hydrogen-bond acceptors (Lipinski definition) is 2. The van der Waals surface area contributed by atoms with E-state index in [1.54, 1.807) is 4.90 Å². The zero-order valence-electron chi connectivity index (χ0n) is 11.8. The van der Waals surface area contributed by atoms with Crippen LogP contribution in [0.5, 0.6) is 0 Å². The molecule has 2 unspecified atom stereocenters. The Kier molecular flexibility index (Phi) is 4.08. The zero-order valence-corrected chi connectivity index (χ0v) is 11.8. The van der Waals surface area contributed by atoms with Crippen molar-refractivity contribution >= 4 is 6.09 Å². The molecule has 0 aromatic heterocycles. The van der Waals surface area contributed by atoms with Crippen molar-refractivity contribution in [3.63, 3.8) is 0 Å². The van der Waals surface area contributed by atoms with E-state index in [1.807, 2.05) is 30.3 Å². The summed E-state index contributed by atoms with van der Waals surface area (Å²) in [7, 11) is 0. The van der Waals surface area contributed by atoms with Crippen LogP contribution in [0.1, 0.15) is 18.4 Å². The van der Waals surface area contributed by atoms with Crippen LogP contribution >= 0.6 is 0 Å². The van der Waals surface area contributed by atoms with Gasteiger partial charge in [0, 0.05) is 19.0 Å². The van der Waals surface area contributed by atoms with Crippen molar-refractivity contribution in [3.8, 4) is 0 Å². The molecule has 21 heavy (non-hydrogen) atoms. The van der Waals surface area contributed by atoms with E-state index in [1.165, 1.54) is 0 Å². The molecule has 1 saturated heterocycles. The number of fused-ring (bicyclic) bond motifs is 1. The number of benzene rings is 1. The minimum Gasteiger partial charge on any atom is -0.445 e. The largest absolute Gasteiger partial charge is 0.445 e. The average Bonchev–Trinajstić information content (AvgIpc) is 3.04. The minimum atomic E-state index is -2.23. The van der Waals surface area contributed by atoms with Crippen molar-refractivity contribution in [3.05, 3.63) is 35.9 Å². The number of amides is 1. The lowest BCUT2D eigenvalue weighted by Gasteiger charge is -2.18. The van der Waals surface area contributed by atoms with Crippen LogP contribution in [0.2, 0.25) is 0 Å². The third-order valence-electron chi connectivity index (χ3n) is 4.61. The van der Waals surface area contributed by atoms with Gasteiger partial charge in [-0.3, -0.25) is 0 Å². The summed E-state index contributed by atoms with van der Waals surface area (Å²) in [5, 5.41) is 0. The zero-order chi connectivity index (χ0) is 14.8. The molecule has 0 N–H and O–H groups in total. The van der Waals surface area contributed by atoms with Crippen molar-refractivity contribution in [2.24, 2.45) is 17.8 Å². The standard InChI is InChI=1S/C16H19F2NO2/c17-15(18)12-6-13-8-19(9-14(13)7-12)16(20)21-10-11-4-2-1-3-5-11/h1-5,12-15H,6-10H2. The maximum absolute atomic E-state index is 12.7. The Labute approximate surface area is 122 Å². The fraction of sp³-hybridized carbons (Fsp3) is 0.562. The Morgan fingerprint density at radius 3 is 2.38 bits per heavy atom. The minimum absolute atomic E-state index is 0.216. The first-order valence-corrected chi connectivity index (χ1v) is 7.37. The van der Waals surface area contributed by atoms with E-state index >= 15 is 0 Å². The van der Waals surface area contributed by atoms with Crippen LogP contribution < -0.4 is 0 Å². The van der Waals surface area contributed by atoms with Crippen molar-refractivity contribution < 1.29 is 18.3 Å². The van der Waals surface area contributed by atoms with Gasteiger partial charge in [-0.25, -0.2) is 13.6 Å². The number of halogens is 2. The molecule has 1 aromatic carbocycles. The van der Waals surface area contributed by atoms with Crippen LogP contribution in [0, 0.1) is 17.8 Å². The molecule has 1 aromatic rings. The maximum atomic E-state index is 12.7. The highest BCUT2D eigenvalue weighted by Crippen LogP contribution is 2.43. The summed E-state index contributed by atoms with van der Waals surface area (Å²) in [6, 6.07) is 9.51. The first-order valence-electron chi connectivity index (χ1n) is 7.37. The number of carbonyl (C=O) groups excluding carboxylic acids is 1. The molecule has 1 amide bonds. The number of rotatable bonds is 3. The quantitative estimate of drug-likeness (QED) is 0.853. The first-order chi connectivity index (χ1) is 10.1. The van der Waals surface area contributed by atoms with E-state index in [-0.39, 0.29) is 24.5 Å². The third-order valence-corrected chi connectivity index (χ3v) is 4.61. The molecule has 1 aliphatic heterocycles. The maximum Gasteiger partial charge on any atom is 0.410 e. The summed E-state index contributed by atoms with van der Waals surface area (Å²) < 4.78 is 30.7. The van der Waals surface area contributed by atoms with Gasteiger partial charge in [-0.2, -0.15) is 0 Å². The van der Waals surface area contributed by atoms with Gasteiger partial charge in [0.25, 0.3) is 0 Å². The monoisotopic (exact) mass is 295 g/mol. The van der Waals surface area contributed by atoms with Crippen LogP contribution in [0.25, 0.3) is 0 Å². The molecule has 1 aliphatic carbocycles. The highest BCUT2D eigenvalue weighted by Gasteiger charge is 2.45. The van der Waals surface area contributed by atoms with E-state index in [9.17, 15) is 13.6 Å². The summed E-state index contributed by atoms with van der Waals surface area (Å²) in [6.45, 7) is 1.37. The third kappa shape index (κ3) is 3.17. The molecule has 1 saturated carbocycles. The lowest BCUT2D eigenvalue weighted by Crippen LogP contribution is -2.30. The Morgan fingerprint density at radius 2 is 1.81 bits per heavy atom. The van der Waals surface area contributed by atoms with Crippen molar-refractivity contribution in [1.82, 2.24) is 4.90 Å². The van der Waals surface area contributed by atoms with Gasteiger partial charge in [-0.15, -0.1) is 0 Å². The van der Waals surface area contributed by atoms with Crippen LogP contribution in [-0.4, -0.2) is 30.5 Å². The van der Waals surface area contributed by atoms with Crippen molar-refractivity contribution in [2.45, 2.75) is 25.9 Å². The lowest BCUT2D eigenvalue weighted by atomic mass is 10.0. The van der Waals surface area contributed by atoms with Gasteiger partial charge in [0.05, 0.1) is 0 Å². The molecule has 2 atom stereocenters. The number of nitrogens with zero attached hydrogens (tertiary/aromatic N) is 1. The molecule has 0 bridgehead atoms. The molecule has 0 radical (unpaired) electrons. The number of hydrogen-bond donors (Lipinski definition) is 0. The van der Waals surface area contributed by atoms with E-state index < -0.39 is 12.3 Å². The van der Waals surface area contributed by atoms with E-state index in [4.69, 9.17) is 4.74 Å². The molecule has 2 fully saturated rings. The molecule has 0 spiro atoms. The Hall–Kier alpha value is -1.65. The van der Waals surface area contributed by atoms with E-state index in [0.717, 1.165) is 5.56 Å². The second kappa shape index (κ2) is 6.00. The lowest BCUT2D eigenvalue weighted by molar-refractivity contribution is 0.0704. The first kappa shape index (κ1) is 14.3. The normalized spacial score (nSPS) is 28.0. The highest BCUT2D eigenvalue weighted by molar-refractivity contribution is 5.68. The topological polar surface area (TPSA) is 29.5 Å². The van der Waals surface area contributed by atoms with Crippen LogP contribution in [0.3, 0.4) is 0 Å². The average molecular weight is 295 g/mol. The molecule has 2 aliphatic rings. The SMILES string of the molecule is O=C(OCc1ccccc1)N1CC2CC(C(F)F)CC2C1. The van der Waals surface area contributed by atoms with Gasteiger partial charge in [-0.1, -0.05) is 30.3 Å². The summed E-state index contributed by atoms with van der Waals surface area (Å²) >= 11 is 0. The molecular formula is C16H19F2NO2. The molecule has 114 valence electrons. The molecule has 3 rings (SSSR count). The van der Waals surface area contributed by atoms with Crippen LogP contribution in [0.15, 0.2) is 30.3 Å². The molecule has 3 nitrogen and oxygen atoms in total. The summed E-state index contributed by atoms with van der Waals surface area (Å²) in [5.74, 6) is -0.0518. The Morgan fingerprint density at radius 1 is 1.19 bits per heavy atom. The van der Waals surface area contributed by atoms with Gasteiger partial charge in [-0.05, 0) is 30.2 Å². The van der Waals surface area contributed by atoms with E-state index in [0.29, 0.717) is 25.9 Å². The smallest absolute Gasteiger partial charge is 0.410 e. The van der Waals surface area contributed by atoms with E-state index in [2.05, 4.69) is 0 Å². The summed E-state index contributed by atoms with van der Waals surface area (Å²) in [6.07, 6.45) is -1.49. The van der Waals surface area contributed by atoms with Crippen molar-refractivity contribution in [2.75, 3.05) is 13.1 Å². The second-order valence-electron chi connectivity index (χ2n) is 6.03. The van der Waals surface area contributed by atoms with Crippen LogP contribution in [-0.2, 0) is 11.3 Å². The van der Waals surface area contributed by atoms with Gasteiger partial charge >= 0.3 is 6.09 Å². The number of carbonyl (C=O) groups is 1. The summed E-state index contributed by atoms with van der Waals surface area (Å²) in [4.78, 5) is 13.7. The number of alkyl halides is 2. The fourth-order valence-electron chi connectivity index (χ4n) is 3.51. The second-order valence-corrected chi connectivity index (χ2v) is 6.03. The Balaban J connectivity index is 1.48. The predicted octanol–water partition coefficient (Wildman–Crippen LogP) is 3.55. The van der Waals surface area contributed by atoms with Crippen molar-refractivity contribution in [1.29, 1.82) is 0 Å². The van der Waals surface area contributed by atoms with Gasteiger partial charge in [0.15, 0.2) is 0 Å². The van der Waals surface area contributed by atoms with Gasteiger partial charge in [0.1, 0.15) is 6.61 Å². The Bertz CT molecular complexity index is 480. The molecular weight excluding hydrogens is 276 g/mol. The predicted molar refractivity (Wildman–Crippen MR) is 73.9 cm³/mol. The number of ether oxygens (including phenoxy) is 1. The number of likely N-dealkylation sites (tertiary alicyclic amines) is 1. The molecule has 5 heteroatoms. The highest BCUT2D eigenvalue weighted by atomic mass is 19.3.